The molecule has 0 heterocycles. The second-order valence-electron chi connectivity index (χ2n) is 7.16. The molecule has 9 heteroatoms. The topological polar surface area (TPSA) is 66.5 Å². The molecular weight excluding hydrogens is 417 g/mol. The summed E-state index contributed by atoms with van der Waals surface area (Å²) in [6.45, 7) is 3.65. The first-order chi connectivity index (χ1) is 13.9. The van der Waals surface area contributed by atoms with E-state index in [1.807, 2.05) is 31.2 Å². The van der Waals surface area contributed by atoms with E-state index in [-0.39, 0.29) is 5.69 Å². The Morgan fingerprint density at radius 2 is 1.77 bits per heavy atom. The number of sulfonamides is 1. The quantitative estimate of drug-likeness (QED) is 0.631. The van der Waals surface area contributed by atoms with Gasteiger partial charge in [-0.3, -0.25) is 9.10 Å². The van der Waals surface area contributed by atoms with Gasteiger partial charge in [-0.1, -0.05) is 35.9 Å². The number of carbonyl (C=O) groups is 1. The lowest BCUT2D eigenvalue weighted by Gasteiger charge is -2.28. The number of hydrogen-bond acceptors (Lipinski definition) is 3. The van der Waals surface area contributed by atoms with Crippen LogP contribution in [0.15, 0.2) is 48.5 Å². The number of halogens is 3. The summed E-state index contributed by atoms with van der Waals surface area (Å²) >= 11 is 0. The smallest absolute Gasteiger partial charge is 0.354 e. The van der Waals surface area contributed by atoms with E-state index in [2.05, 4.69) is 5.32 Å². The van der Waals surface area contributed by atoms with Crippen molar-refractivity contribution in [3.05, 3.63) is 65.2 Å². The SMILES string of the molecule is Cc1ccc(CCCNC(=O)C(C)N(c2cccc(C(F)(F)F)c2)S(C)(=O)=O)cc1. The maximum Gasteiger partial charge on any atom is 0.416 e. The fraction of sp³-hybridized carbons (Fsp3) is 0.381. The lowest BCUT2D eigenvalue weighted by molar-refractivity contribution is -0.137. The van der Waals surface area contributed by atoms with Crippen molar-refractivity contribution in [1.82, 2.24) is 5.32 Å². The van der Waals surface area contributed by atoms with Crippen LogP contribution in [0.4, 0.5) is 18.9 Å². The molecular formula is C21H25F3N2O3S. The van der Waals surface area contributed by atoms with Gasteiger partial charge in [-0.15, -0.1) is 0 Å². The van der Waals surface area contributed by atoms with Crippen LogP contribution in [0.5, 0.6) is 0 Å². The van der Waals surface area contributed by atoms with E-state index in [0.717, 1.165) is 42.0 Å². The van der Waals surface area contributed by atoms with Gasteiger partial charge < -0.3 is 5.32 Å². The summed E-state index contributed by atoms with van der Waals surface area (Å²) in [6, 6.07) is 10.7. The zero-order chi connectivity index (χ0) is 22.5. The maximum atomic E-state index is 13.0. The van der Waals surface area contributed by atoms with Crippen molar-refractivity contribution < 1.29 is 26.4 Å². The van der Waals surface area contributed by atoms with E-state index in [4.69, 9.17) is 0 Å². The van der Waals surface area contributed by atoms with E-state index in [1.165, 1.54) is 13.0 Å². The fourth-order valence-corrected chi connectivity index (χ4v) is 4.20. The van der Waals surface area contributed by atoms with E-state index in [1.54, 1.807) is 0 Å². The minimum absolute atomic E-state index is 0.213. The summed E-state index contributed by atoms with van der Waals surface area (Å²) in [4.78, 5) is 12.5. The molecule has 30 heavy (non-hydrogen) atoms. The van der Waals surface area contributed by atoms with Gasteiger partial charge in [-0.25, -0.2) is 8.42 Å². The van der Waals surface area contributed by atoms with Crippen LogP contribution in [0.3, 0.4) is 0 Å². The number of rotatable bonds is 8. The molecule has 0 saturated carbocycles. The lowest BCUT2D eigenvalue weighted by atomic mass is 10.1. The molecule has 0 aliphatic rings. The Bertz CT molecular complexity index is 974. The van der Waals surface area contributed by atoms with Gasteiger partial charge in [0.05, 0.1) is 17.5 Å². The molecule has 0 radical (unpaired) electrons. The van der Waals surface area contributed by atoms with E-state index < -0.39 is 33.7 Å². The van der Waals surface area contributed by atoms with Gasteiger partial charge in [-0.05, 0) is 50.5 Å². The number of anilines is 1. The Morgan fingerprint density at radius 3 is 2.33 bits per heavy atom. The molecule has 0 aliphatic carbocycles. The van der Waals surface area contributed by atoms with Crippen LogP contribution in [-0.4, -0.2) is 33.2 Å². The molecule has 1 unspecified atom stereocenters. The van der Waals surface area contributed by atoms with Crippen molar-refractivity contribution >= 4 is 21.6 Å². The van der Waals surface area contributed by atoms with Crippen molar-refractivity contribution in [3.8, 4) is 0 Å². The van der Waals surface area contributed by atoms with Gasteiger partial charge in [0.1, 0.15) is 6.04 Å². The highest BCUT2D eigenvalue weighted by Gasteiger charge is 2.33. The highest BCUT2D eigenvalue weighted by atomic mass is 32.2. The van der Waals surface area contributed by atoms with E-state index >= 15 is 0 Å². The minimum atomic E-state index is -4.62. The Balaban J connectivity index is 2.07. The number of carbonyl (C=O) groups excluding carboxylic acids is 1. The Hall–Kier alpha value is -2.55. The second-order valence-corrected chi connectivity index (χ2v) is 9.02. The standard InChI is InChI=1S/C21H25F3N2O3S/c1-15-9-11-17(12-10-15)6-5-13-25-20(27)16(2)26(30(3,28)29)19-8-4-7-18(14-19)21(22,23)24/h4,7-12,14,16H,5-6,13H2,1-3H3,(H,25,27). The predicted molar refractivity (Wildman–Crippen MR) is 111 cm³/mol. The minimum Gasteiger partial charge on any atom is -0.354 e. The number of aryl methyl sites for hydroxylation is 2. The fourth-order valence-electron chi connectivity index (χ4n) is 3.03. The highest BCUT2D eigenvalue weighted by molar-refractivity contribution is 7.92. The second kappa shape index (κ2) is 9.51. The summed E-state index contributed by atoms with van der Waals surface area (Å²) in [5, 5.41) is 2.66. The average Bonchev–Trinajstić information content (AvgIpc) is 2.65. The van der Waals surface area contributed by atoms with Crippen LogP contribution in [0.1, 0.15) is 30.0 Å². The van der Waals surface area contributed by atoms with Gasteiger partial charge in [0, 0.05) is 6.54 Å². The van der Waals surface area contributed by atoms with Crippen LogP contribution in [-0.2, 0) is 27.4 Å². The van der Waals surface area contributed by atoms with Crippen molar-refractivity contribution in [1.29, 1.82) is 0 Å². The molecule has 5 nitrogen and oxygen atoms in total. The summed E-state index contributed by atoms with van der Waals surface area (Å²) in [5.74, 6) is -0.582. The molecule has 0 spiro atoms. The van der Waals surface area contributed by atoms with Gasteiger partial charge in [0.2, 0.25) is 15.9 Å². The number of amides is 1. The summed E-state index contributed by atoms with van der Waals surface area (Å²) in [5.41, 5.74) is 1.06. The van der Waals surface area contributed by atoms with Crippen LogP contribution in [0.2, 0.25) is 0 Å². The van der Waals surface area contributed by atoms with Crippen molar-refractivity contribution in [2.75, 3.05) is 17.1 Å². The van der Waals surface area contributed by atoms with Crippen molar-refractivity contribution in [3.63, 3.8) is 0 Å². The highest BCUT2D eigenvalue weighted by Crippen LogP contribution is 2.32. The summed E-state index contributed by atoms with van der Waals surface area (Å²) in [6.07, 6.45) is -2.39. The molecule has 164 valence electrons. The molecule has 1 atom stereocenters. The molecule has 0 bridgehead atoms. The molecule has 2 rings (SSSR count). The van der Waals surface area contributed by atoms with Crippen molar-refractivity contribution in [2.24, 2.45) is 0 Å². The molecule has 0 saturated heterocycles. The van der Waals surface area contributed by atoms with E-state index in [9.17, 15) is 26.4 Å². The predicted octanol–water partition coefficient (Wildman–Crippen LogP) is 3.92. The number of nitrogens with zero attached hydrogens (tertiary/aromatic N) is 1. The molecule has 1 N–H and O–H groups in total. The molecule has 0 aromatic heterocycles. The first-order valence-corrected chi connectivity index (χ1v) is 11.2. The Labute approximate surface area is 175 Å². The molecule has 0 fully saturated rings. The van der Waals surface area contributed by atoms with Crippen molar-refractivity contribution in [2.45, 2.75) is 38.9 Å². The van der Waals surface area contributed by atoms with Gasteiger partial charge in [0.15, 0.2) is 0 Å². The van der Waals surface area contributed by atoms with Gasteiger partial charge in [-0.2, -0.15) is 13.2 Å². The first kappa shape index (κ1) is 23.7. The number of alkyl halides is 3. The molecule has 0 aliphatic heterocycles. The molecule has 2 aromatic carbocycles. The summed E-state index contributed by atoms with van der Waals surface area (Å²) in [7, 11) is -4.00. The van der Waals surface area contributed by atoms with E-state index in [0.29, 0.717) is 17.3 Å². The molecule has 2 aromatic rings. The van der Waals surface area contributed by atoms with Crippen LogP contribution in [0, 0.1) is 6.92 Å². The molecule has 1 amide bonds. The number of hydrogen-bond donors (Lipinski definition) is 1. The monoisotopic (exact) mass is 442 g/mol. The normalized spacial score (nSPS) is 13.0. The largest absolute Gasteiger partial charge is 0.416 e. The third-order valence-electron chi connectivity index (χ3n) is 4.58. The first-order valence-electron chi connectivity index (χ1n) is 9.39. The Morgan fingerprint density at radius 1 is 1.13 bits per heavy atom. The lowest BCUT2D eigenvalue weighted by Crippen LogP contribution is -2.48. The Kier molecular flexibility index (Phi) is 7.52. The number of benzene rings is 2. The van der Waals surface area contributed by atoms with Gasteiger partial charge in [0.25, 0.3) is 0 Å². The third kappa shape index (κ3) is 6.48. The van der Waals surface area contributed by atoms with Crippen LogP contribution in [0.25, 0.3) is 0 Å². The zero-order valence-electron chi connectivity index (χ0n) is 17.0. The number of nitrogens with one attached hydrogen (secondary N) is 1. The van der Waals surface area contributed by atoms with Crippen LogP contribution >= 0.6 is 0 Å². The van der Waals surface area contributed by atoms with Gasteiger partial charge >= 0.3 is 6.18 Å². The zero-order valence-corrected chi connectivity index (χ0v) is 17.8. The maximum absolute atomic E-state index is 13.0. The summed E-state index contributed by atoms with van der Waals surface area (Å²) < 4.78 is 64.2. The third-order valence-corrected chi connectivity index (χ3v) is 5.82. The van der Waals surface area contributed by atoms with Crippen LogP contribution < -0.4 is 9.62 Å². The average molecular weight is 443 g/mol.